The highest BCUT2D eigenvalue weighted by molar-refractivity contribution is 6.15. The molecule has 0 aliphatic carbocycles. The van der Waals surface area contributed by atoms with Crippen molar-refractivity contribution in [2.24, 2.45) is 11.5 Å². The molecule has 1 aliphatic heterocycles. The number of piperidine rings is 1. The first-order chi connectivity index (χ1) is 16.4. The highest BCUT2D eigenvalue weighted by Crippen LogP contribution is 2.37. The number of carbonyl (C=O) groups is 3. The Hall–Kier alpha value is -3.74. The van der Waals surface area contributed by atoms with Gasteiger partial charge >= 0.3 is 12.1 Å². The van der Waals surface area contributed by atoms with Crippen molar-refractivity contribution in [1.82, 2.24) is 10.2 Å². The summed E-state index contributed by atoms with van der Waals surface area (Å²) in [5.41, 5.74) is 7.27. The zero-order valence-corrected chi connectivity index (χ0v) is 18.5. The summed E-state index contributed by atoms with van der Waals surface area (Å²) in [6.45, 7) is 0.824. The third-order valence-corrected chi connectivity index (χ3v) is 5.69. The summed E-state index contributed by atoms with van der Waals surface area (Å²) in [4.78, 5) is 37.0. The van der Waals surface area contributed by atoms with Crippen molar-refractivity contribution in [3.8, 4) is 5.75 Å². The smallest absolute Gasteiger partial charge is 0.419 e. The Kier molecular flexibility index (Phi) is 7.58. The maximum Gasteiger partial charge on any atom is 0.419 e. The number of carbonyl (C=O) groups excluding carboxylic acids is 2. The van der Waals surface area contributed by atoms with Crippen molar-refractivity contribution in [2.75, 3.05) is 18.0 Å². The van der Waals surface area contributed by atoms with Gasteiger partial charge < -0.3 is 26.2 Å². The van der Waals surface area contributed by atoms with Crippen molar-refractivity contribution in [3.63, 3.8) is 0 Å². The molecule has 35 heavy (non-hydrogen) atoms. The molecule has 0 radical (unpaired) electrons. The van der Waals surface area contributed by atoms with E-state index in [1.807, 2.05) is 4.90 Å². The number of benzene rings is 1. The number of rotatable bonds is 9. The number of ketones is 1. The van der Waals surface area contributed by atoms with E-state index < -0.39 is 53.9 Å². The fraction of sp³-hybridized carbons (Fsp3) is 0.409. The van der Waals surface area contributed by atoms with Crippen LogP contribution in [0.1, 0.15) is 41.7 Å². The van der Waals surface area contributed by atoms with Crippen molar-refractivity contribution in [1.29, 1.82) is 0 Å². The zero-order chi connectivity index (χ0) is 25.8. The van der Waals surface area contributed by atoms with Gasteiger partial charge in [0.2, 0.25) is 11.7 Å². The number of ether oxygens (including phenoxy) is 1. The molecule has 0 spiro atoms. The van der Waals surface area contributed by atoms with Crippen LogP contribution in [0.3, 0.4) is 0 Å². The van der Waals surface area contributed by atoms with Crippen LogP contribution in [0.4, 0.5) is 19.0 Å². The molecule has 1 saturated heterocycles. The maximum atomic E-state index is 13.2. The maximum absolute atomic E-state index is 13.2. The molecule has 2 aromatic rings. The normalized spacial score (nSPS) is 16.4. The molecule has 10 nitrogen and oxygen atoms in total. The van der Waals surface area contributed by atoms with Crippen molar-refractivity contribution >= 4 is 23.5 Å². The molecule has 5 N–H and O–H groups in total. The Labute approximate surface area is 198 Å². The molecule has 1 aromatic carbocycles. The molecular weight excluding hydrogens is 471 g/mol. The number of anilines is 1. The summed E-state index contributed by atoms with van der Waals surface area (Å²) in [6, 6.07) is 7.78. The van der Waals surface area contributed by atoms with E-state index >= 15 is 0 Å². The van der Waals surface area contributed by atoms with Gasteiger partial charge in [0.25, 0.3) is 0 Å². The summed E-state index contributed by atoms with van der Waals surface area (Å²) < 4.78 is 45.2. The zero-order valence-electron chi connectivity index (χ0n) is 18.5. The Morgan fingerprint density at radius 3 is 2.29 bits per heavy atom. The average Bonchev–Trinajstić information content (AvgIpc) is 2.82. The van der Waals surface area contributed by atoms with Gasteiger partial charge in [-0.3, -0.25) is 9.59 Å². The molecule has 0 bridgehead atoms. The molecule has 1 atom stereocenters. The molecule has 1 amide bonds. The summed E-state index contributed by atoms with van der Waals surface area (Å²) in [7, 11) is 0. The second-order valence-corrected chi connectivity index (χ2v) is 8.15. The van der Waals surface area contributed by atoms with Gasteiger partial charge in [0.1, 0.15) is 17.5 Å². The third-order valence-electron chi connectivity index (χ3n) is 5.69. The molecule has 1 aromatic heterocycles. The van der Waals surface area contributed by atoms with Crippen LogP contribution in [-0.4, -0.2) is 57.7 Å². The minimum Gasteiger partial charge on any atom is -0.490 e. The standard InChI is InChI=1S/C22H24F3N5O5/c23-22(24,25)14-3-1-2-4-16(14)35-13-8-11-30(12-9-13)18-6-5-15(28-29-18)19(32)21(27,20(33)34)10-7-17(26)31/h1-6,13H,7-12,27H2,(H2,26,31)(H,33,34)/t21-/m1/s1. The number of alkyl halides is 3. The molecule has 1 aliphatic rings. The average molecular weight is 495 g/mol. The quantitative estimate of drug-likeness (QED) is 0.348. The third kappa shape index (κ3) is 6.04. The number of amides is 1. The van der Waals surface area contributed by atoms with E-state index in [-0.39, 0.29) is 11.4 Å². The number of nitrogens with two attached hydrogens (primary N) is 2. The number of aliphatic carboxylic acids is 1. The van der Waals surface area contributed by atoms with E-state index in [2.05, 4.69) is 10.2 Å². The first-order valence-electron chi connectivity index (χ1n) is 10.7. The summed E-state index contributed by atoms with van der Waals surface area (Å²) >= 11 is 0. The number of hydrogen-bond acceptors (Lipinski definition) is 8. The SMILES string of the molecule is NC(=O)CC[C@](N)(C(=O)O)C(=O)c1ccc(N2CCC(Oc3ccccc3C(F)(F)F)CC2)nn1. The van der Waals surface area contributed by atoms with E-state index in [9.17, 15) is 32.7 Å². The Balaban J connectivity index is 1.63. The number of nitrogens with zero attached hydrogens (tertiary/aromatic N) is 3. The summed E-state index contributed by atoms with van der Waals surface area (Å²) in [5, 5.41) is 17.2. The van der Waals surface area contributed by atoms with Crippen LogP contribution in [0, 0.1) is 0 Å². The van der Waals surface area contributed by atoms with Gasteiger partial charge in [0.05, 0.1) is 5.56 Å². The lowest BCUT2D eigenvalue weighted by molar-refractivity contribution is -0.142. The molecule has 3 rings (SSSR count). The van der Waals surface area contributed by atoms with Crippen LogP contribution in [0.15, 0.2) is 36.4 Å². The van der Waals surface area contributed by atoms with Crippen LogP contribution in [0.2, 0.25) is 0 Å². The lowest BCUT2D eigenvalue weighted by atomic mass is 9.88. The topological polar surface area (TPSA) is 162 Å². The highest BCUT2D eigenvalue weighted by Gasteiger charge is 2.43. The molecule has 0 saturated carbocycles. The van der Waals surface area contributed by atoms with Crippen molar-refractivity contribution in [3.05, 3.63) is 47.7 Å². The fourth-order valence-corrected chi connectivity index (χ4v) is 3.67. The number of carboxylic acid groups (broad SMARTS) is 1. The first kappa shape index (κ1) is 25.9. The van der Waals surface area contributed by atoms with E-state index in [4.69, 9.17) is 16.2 Å². The lowest BCUT2D eigenvalue weighted by Crippen LogP contribution is -2.55. The number of hydrogen-bond donors (Lipinski definition) is 3. The number of primary amides is 1. The van der Waals surface area contributed by atoms with Crippen molar-refractivity contribution < 1.29 is 37.4 Å². The van der Waals surface area contributed by atoms with E-state index in [0.717, 1.165) is 6.07 Å². The second kappa shape index (κ2) is 10.3. The van der Waals surface area contributed by atoms with Crippen molar-refractivity contribution in [2.45, 2.75) is 43.5 Å². The van der Waals surface area contributed by atoms with Crippen LogP contribution < -0.4 is 21.1 Å². The number of aromatic nitrogens is 2. The lowest BCUT2D eigenvalue weighted by Gasteiger charge is -2.33. The van der Waals surface area contributed by atoms with Gasteiger partial charge in [0, 0.05) is 32.4 Å². The molecule has 0 unspecified atom stereocenters. The van der Waals surface area contributed by atoms with Gasteiger partial charge in [-0.05, 0) is 30.7 Å². The number of para-hydroxylation sites is 1. The Morgan fingerprint density at radius 2 is 1.74 bits per heavy atom. The second-order valence-electron chi connectivity index (χ2n) is 8.15. The first-order valence-corrected chi connectivity index (χ1v) is 10.7. The number of Topliss-reactive ketones (excluding diaryl/α,β-unsaturated/α-hetero) is 1. The van der Waals surface area contributed by atoms with Gasteiger partial charge in [-0.1, -0.05) is 12.1 Å². The number of carboxylic acids is 1. The van der Waals surface area contributed by atoms with Crippen LogP contribution in [0.25, 0.3) is 0 Å². The van der Waals surface area contributed by atoms with Gasteiger partial charge in [-0.15, -0.1) is 10.2 Å². The molecular formula is C22H24F3N5O5. The van der Waals surface area contributed by atoms with Gasteiger partial charge in [-0.25, -0.2) is 4.79 Å². The summed E-state index contributed by atoms with van der Waals surface area (Å²) in [6.07, 6.45) is -5.00. The van der Waals surface area contributed by atoms with E-state index in [1.54, 1.807) is 0 Å². The monoisotopic (exact) mass is 495 g/mol. The predicted octanol–water partition coefficient (Wildman–Crippen LogP) is 1.77. The van der Waals surface area contributed by atoms with Crippen LogP contribution in [0.5, 0.6) is 5.75 Å². The summed E-state index contributed by atoms with van der Waals surface area (Å²) in [5.74, 6) is -3.26. The highest BCUT2D eigenvalue weighted by atomic mass is 19.4. The largest absolute Gasteiger partial charge is 0.490 e. The van der Waals surface area contributed by atoms with E-state index in [1.165, 1.54) is 30.3 Å². The molecule has 1 fully saturated rings. The van der Waals surface area contributed by atoms with Gasteiger partial charge in [-0.2, -0.15) is 13.2 Å². The van der Waals surface area contributed by atoms with E-state index in [0.29, 0.717) is 31.7 Å². The minimum absolute atomic E-state index is 0.221. The molecule has 13 heteroatoms. The predicted molar refractivity (Wildman–Crippen MR) is 117 cm³/mol. The molecule has 2 heterocycles. The Bertz CT molecular complexity index is 1090. The minimum atomic E-state index is -4.52. The van der Waals surface area contributed by atoms with Crippen LogP contribution >= 0.6 is 0 Å². The molecule has 188 valence electrons. The number of halogens is 3. The Morgan fingerprint density at radius 1 is 1.09 bits per heavy atom. The van der Waals surface area contributed by atoms with Crippen LogP contribution in [-0.2, 0) is 15.8 Å². The fourth-order valence-electron chi connectivity index (χ4n) is 3.67. The van der Waals surface area contributed by atoms with Gasteiger partial charge in [0.15, 0.2) is 11.4 Å².